The van der Waals surface area contributed by atoms with Gasteiger partial charge >= 0.3 is 0 Å². The van der Waals surface area contributed by atoms with Crippen LogP contribution in [0.3, 0.4) is 0 Å². The quantitative estimate of drug-likeness (QED) is 0.692. The highest BCUT2D eigenvalue weighted by Gasteiger charge is 2.37. The monoisotopic (exact) mass is 381 g/mol. The van der Waals surface area contributed by atoms with Crippen LogP contribution in [0.5, 0.6) is 0 Å². The molecule has 1 atom stereocenters. The van der Waals surface area contributed by atoms with Crippen molar-refractivity contribution in [3.05, 3.63) is 53.6 Å². The van der Waals surface area contributed by atoms with Crippen molar-refractivity contribution in [2.75, 3.05) is 6.54 Å². The van der Waals surface area contributed by atoms with Crippen molar-refractivity contribution in [3.8, 4) is 11.3 Å². The maximum Gasteiger partial charge on any atom is 0.272 e. The first-order valence-electron chi connectivity index (χ1n) is 9.54. The normalized spacial score (nSPS) is 19.4. The van der Waals surface area contributed by atoms with Crippen LogP contribution in [0.2, 0.25) is 0 Å². The second-order valence-corrected chi connectivity index (χ2v) is 7.47. The number of carbonyl (C=O) groups excluding carboxylic acids is 1. The number of carbonyl (C=O) groups is 1. The van der Waals surface area contributed by atoms with E-state index in [0.29, 0.717) is 29.7 Å². The molecule has 0 N–H and O–H groups in total. The summed E-state index contributed by atoms with van der Waals surface area (Å²) in [4.78, 5) is 19.5. The van der Waals surface area contributed by atoms with Gasteiger partial charge in [0.2, 0.25) is 5.89 Å². The first kappa shape index (κ1) is 17.1. The summed E-state index contributed by atoms with van der Waals surface area (Å²) >= 11 is 0. The van der Waals surface area contributed by atoms with Gasteiger partial charge in [-0.2, -0.15) is 10.1 Å². The zero-order valence-corrected chi connectivity index (χ0v) is 15.5. The number of aromatic nitrogens is 4. The van der Waals surface area contributed by atoms with Crippen molar-refractivity contribution < 1.29 is 13.7 Å². The lowest BCUT2D eigenvalue weighted by atomic mass is 10.1. The van der Waals surface area contributed by atoms with Gasteiger partial charge in [-0.1, -0.05) is 5.16 Å². The first-order chi connectivity index (χ1) is 13.6. The van der Waals surface area contributed by atoms with Crippen molar-refractivity contribution in [3.63, 3.8) is 0 Å². The standard InChI is InChI=1S/C20H20FN5O2/c1-25-17(11-15(23-25)12-6-8-14(21)9-7-12)20(27)26-10-2-3-16(26)19-22-18(24-28-19)13-4-5-13/h6-9,11,13,16H,2-5,10H2,1H3. The molecule has 1 aromatic carbocycles. The molecule has 2 aromatic heterocycles. The second-order valence-electron chi connectivity index (χ2n) is 7.47. The molecule has 1 saturated heterocycles. The Morgan fingerprint density at radius 1 is 1.21 bits per heavy atom. The highest BCUT2D eigenvalue weighted by molar-refractivity contribution is 5.94. The third-order valence-corrected chi connectivity index (χ3v) is 5.44. The van der Waals surface area contributed by atoms with Crippen LogP contribution in [0, 0.1) is 5.82 Å². The molecule has 1 aliphatic carbocycles. The molecule has 3 aromatic rings. The molecule has 0 bridgehead atoms. The third kappa shape index (κ3) is 2.98. The van der Waals surface area contributed by atoms with Gasteiger partial charge in [-0.3, -0.25) is 9.48 Å². The van der Waals surface area contributed by atoms with E-state index >= 15 is 0 Å². The number of nitrogens with zero attached hydrogens (tertiary/aromatic N) is 5. The Morgan fingerprint density at radius 2 is 2.00 bits per heavy atom. The van der Waals surface area contributed by atoms with Crippen LogP contribution in [0.4, 0.5) is 4.39 Å². The summed E-state index contributed by atoms with van der Waals surface area (Å²) in [6.45, 7) is 0.641. The number of aryl methyl sites for hydroxylation is 1. The second kappa shape index (κ2) is 6.54. The molecule has 1 amide bonds. The first-order valence-corrected chi connectivity index (χ1v) is 9.54. The molecule has 144 valence electrons. The summed E-state index contributed by atoms with van der Waals surface area (Å²) in [5.41, 5.74) is 1.88. The number of hydrogen-bond acceptors (Lipinski definition) is 5. The molecule has 1 unspecified atom stereocenters. The maximum atomic E-state index is 13.2. The summed E-state index contributed by atoms with van der Waals surface area (Å²) in [7, 11) is 1.74. The van der Waals surface area contributed by atoms with E-state index in [4.69, 9.17) is 4.52 Å². The van der Waals surface area contributed by atoms with Crippen molar-refractivity contribution in [1.82, 2.24) is 24.8 Å². The molecule has 5 rings (SSSR count). The van der Waals surface area contributed by atoms with Crippen molar-refractivity contribution >= 4 is 5.91 Å². The van der Waals surface area contributed by atoms with E-state index in [-0.39, 0.29) is 17.8 Å². The van der Waals surface area contributed by atoms with Crippen LogP contribution in [0.15, 0.2) is 34.9 Å². The van der Waals surface area contributed by atoms with Crippen molar-refractivity contribution in [2.45, 2.75) is 37.6 Å². The number of benzene rings is 1. The van der Waals surface area contributed by atoms with Crippen molar-refractivity contribution in [1.29, 1.82) is 0 Å². The van der Waals surface area contributed by atoms with Gasteiger partial charge in [-0.15, -0.1) is 0 Å². The smallest absolute Gasteiger partial charge is 0.272 e. The van der Waals surface area contributed by atoms with E-state index in [2.05, 4.69) is 15.2 Å². The Hall–Kier alpha value is -3.03. The highest BCUT2D eigenvalue weighted by Crippen LogP contribution is 2.40. The predicted octanol–water partition coefficient (Wildman–Crippen LogP) is 3.46. The van der Waals surface area contributed by atoms with Gasteiger partial charge in [-0.05, 0) is 56.0 Å². The third-order valence-electron chi connectivity index (χ3n) is 5.44. The molecular weight excluding hydrogens is 361 g/mol. The lowest BCUT2D eigenvalue weighted by molar-refractivity contribution is 0.0699. The Bertz CT molecular complexity index is 1020. The average molecular weight is 381 g/mol. The summed E-state index contributed by atoms with van der Waals surface area (Å²) in [6.07, 6.45) is 3.90. The van der Waals surface area contributed by atoms with Crippen LogP contribution < -0.4 is 0 Å². The fraction of sp³-hybridized carbons (Fsp3) is 0.400. The Balaban J connectivity index is 1.41. The minimum atomic E-state index is -0.305. The van der Waals surface area contributed by atoms with Crippen LogP contribution in [-0.2, 0) is 7.05 Å². The van der Waals surface area contributed by atoms with Crippen LogP contribution in [-0.4, -0.2) is 37.3 Å². The Kier molecular flexibility index (Phi) is 3.99. The van der Waals surface area contributed by atoms with Gasteiger partial charge in [0.05, 0.1) is 5.69 Å². The van der Waals surface area contributed by atoms with Crippen LogP contribution >= 0.6 is 0 Å². The molecule has 2 aliphatic rings. The van der Waals surface area contributed by atoms with E-state index in [1.54, 1.807) is 34.8 Å². The Morgan fingerprint density at radius 3 is 2.75 bits per heavy atom. The topological polar surface area (TPSA) is 77.1 Å². The molecule has 1 aliphatic heterocycles. The van der Waals surface area contributed by atoms with Gasteiger partial charge in [0.15, 0.2) is 5.82 Å². The van der Waals surface area contributed by atoms with Gasteiger partial charge < -0.3 is 9.42 Å². The zero-order chi connectivity index (χ0) is 19.3. The molecule has 0 spiro atoms. The summed E-state index contributed by atoms with van der Waals surface area (Å²) in [5, 5.41) is 8.52. The van der Waals surface area contributed by atoms with E-state index in [1.807, 2.05) is 0 Å². The zero-order valence-electron chi connectivity index (χ0n) is 15.5. The number of likely N-dealkylation sites (tertiary alicyclic amines) is 1. The lowest BCUT2D eigenvalue weighted by Crippen LogP contribution is -2.32. The van der Waals surface area contributed by atoms with Gasteiger partial charge in [0.25, 0.3) is 5.91 Å². The molecule has 7 nitrogen and oxygen atoms in total. The summed E-state index contributed by atoms with van der Waals surface area (Å²) < 4.78 is 20.2. The predicted molar refractivity (Wildman–Crippen MR) is 97.9 cm³/mol. The minimum Gasteiger partial charge on any atom is -0.337 e. The molecule has 1 saturated carbocycles. The molecule has 8 heteroatoms. The number of hydrogen-bond donors (Lipinski definition) is 0. The summed E-state index contributed by atoms with van der Waals surface area (Å²) in [5.74, 6) is 1.28. The molecule has 0 radical (unpaired) electrons. The van der Waals surface area contributed by atoms with Gasteiger partial charge in [0.1, 0.15) is 17.6 Å². The van der Waals surface area contributed by atoms with Crippen LogP contribution in [0.1, 0.15) is 59.8 Å². The van der Waals surface area contributed by atoms with Crippen LogP contribution in [0.25, 0.3) is 11.3 Å². The largest absolute Gasteiger partial charge is 0.337 e. The molecular formula is C20H20FN5O2. The lowest BCUT2D eigenvalue weighted by Gasteiger charge is -2.21. The minimum absolute atomic E-state index is 0.114. The number of rotatable bonds is 4. The fourth-order valence-corrected chi connectivity index (χ4v) is 3.73. The highest BCUT2D eigenvalue weighted by atomic mass is 19.1. The van der Waals surface area contributed by atoms with E-state index in [9.17, 15) is 9.18 Å². The molecule has 2 fully saturated rings. The number of halogens is 1. The van der Waals surface area contributed by atoms with E-state index in [0.717, 1.165) is 37.1 Å². The number of amides is 1. The fourth-order valence-electron chi connectivity index (χ4n) is 3.73. The summed E-state index contributed by atoms with van der Waals surface area (Å²) in [6, 6.07) is 7.63. The Labute approximate surface area is 161 Å². The van der Waals surface area contributed by atoms with Gasteiger partial charge in [0, 0.05) is 25.1 Å². The SMILES string of the molecule is Cn1nc(-c2ccc(F)cc2)cc1C(=O)N1CCCC1c1nc(C2CC2)no1. The van der Waals surface area contributed by atoms with Gasteiger partial charge in [-0.25, -0.2) is 4.39 Å². The molecule has 28 heavy (non-hydrogen) atoms. The van der Waals surface area contributed by atoms with Crippen molar-refractivity contribution in [2.24, 2.45) is 7.05 Å². The maximum absolute atomic E-state index is 13.2. The van der Waals surface area contributed by atoms with E-state index < -0.39 is 0 Å². The molecule has 3 heterocycles. The van der Waals surface area contributed by atoms with E-state index in [1.165, 1.54) is 12.1 Å². The average Bonchev–Trinajstić information content (AvgIpc) is 3.10.